The maximum Gasteiger partial charge on any atom is 0.416 e. The van der Waals surface area contributed by atoms with Crippen molar-refractivity contribution in [3.05, 3.63) is 45.6 Å². The molecule has 1 aromatic carbocycles. The highest BCUT2D eigenvalue weighted by Crippen LogP contribution is 2.44. The SMILES string of the molecule is N#Cc1c(Cl)c(Cl)n(CC2(C(=O)O)CCCCC2)c1-c1ccc(C(F)(F)F)cc1. The summed E-state index contributed by atoms with van der Waals surface area (Å²) in [5, 5.41) is 19.4. The summed E-state index contributed by atoms with van der Waals surface area (Å²) in [4.78, 5) is 12.1. The van der Waals surface area contributed by atoms with Crippen LogP contribution < -0.4 is 0 Å². The normalized spacial score (nSPS) is 16.4. The van der Waals surface area contributed by atoms with E-state index in [4.69, 9.17) is 23.2 Å². The van der Waals surface area contributed by atoms with Gasteiger partial charge in [-0.1, -0.05) is 54.6 Å². The monoisotopic (exact) mass is 444 g/mol. The maximum absolute atomic E-state index is 12.9. The summed E-state index contributed by atoms with van der Waals surface area (Å²) >= 11 is 12.6. The molecule has 0 saturated heterocycles. The van der Waals surface area contributed by atoms with Crippen LogP contribution >= 0.6 is 23.2 Å². The van der Waals surface area contributed by atoms with Gasteiger partial charge in [-0.2, -0.15) is 18.4 Å². The number of carboxylic acid groups (broad SMARTS) is 1. The fourth-order valence-electron chi connectivity index (χ4n) is 3.90. The molecule has 4 nitrogen and oxygen atoms in total. The first kappa shape index (κ1) is 21.5. The second-order valence-electron chi connectivity index (χ2n) is 7.25. The van der Waals surface area contributed by atoms with E-state index in [0.717, 1.165) is 31.4 Å². The van der Waals surface area contributed by atoms with Crippen molar-refractivity contribution in [1.29, 1.82) is 5.26 Å². The third-order valence-electron chi connectivity index (χ3n) is 5.47. The van der Waals surface area contributed by atoms with Gasteiger partial charge in [0.2, 0.25) is 0 Å². The van der Waals surface area contributed by atoms with Gasteiger partial charge in [0.15, 0.2) is 0 Å². The van der Waals surface area contributed by atoms with Gasteiger partial charge in [0.25, 0.3) is 0 Å². The van der Waals surface area contributed by atoms with Gasteiger partial charge in [0.1, 0.15) is 11.2 Å². The van der Waals surface area contributed by atoms with Gasteiger partial charge in [-0.25, -0.2) is 0 Å². The first-order chi connectivity index (χ1) is 13.6. The van der Waals surface area contributed by atoms with Crippen molar-refractivity contribution < 1.29 is 23.1 Å². The van der Waals surface area contributed by atoms with E-state index in [0.29, 0.717) is 18.4 Å². The number of aromatic nitrogens is 1. The molecular formula is C20H17Cl2F3N2O2. The fourth-order valence-corrected chi connectivity index (χ4v) is 4.37. The highest BCUT2D eigenvalue weighted by atomic mass is 35.5. The average molecular weight is 445 g/mol. The molecule has 1 aromatic heterocycles. The zero-order valence-electron chi connectivity index (χ0n) is 15.2. The number of hydrogen-bond acceptors (Lipinski definition) is 2. The lowest BCUT2D eigenvalue weighted by atomic mass is 9.74. The van der Waals surface area contributed by atoms with Crippen LogP contribution in [0.1, 0.15) is 43.2 Å². The molecule has 3 rings (SSSR count). The molecule has 0 bridgehead atoms. The van der Waals surface area contributed by atoms with E-state index in [2.05, 4.69) is 0 Å². The van der Waals surface area contributed by atoms with Crippen molar-refractivity contribution >= 4 is 29.2 Å². The predicted molar refractivity (Wildman–Crippen MR) is 103 cm³/mol. The van der Waals surface area contributed by atoms with E-state index < -0.39 is 23.1 Å². The Morgan fingerprint density at radius 2 is 1.76 bits per heavy atom. The van der Waals surface area contributed by atoms with Crippen LogP contribution in [0.15, 0.2) is 24.3 Å². The summed E-state index contributed by atoms with van der Waals surface area (Å²) in [6.07, 6.45) is -1.17. The predicted octanol–water partition coefficient (Wildman–Crippen LogP) is 6.39. The summed E-state index contributed by atoms with van der Waals surface area (Å²) in [6, 6.07) is 6.22. The smallest absolute Gasteiger partial charge is 0.416 e. The van der Waals surface area contributed by atoms with E-state index in [1.165, 1.54) is 16.7 Å². The third kappa shape index (κ3) is 3.96. The summed E-state index contributed by atoms with van der Waals surface area (Å²) in [5.74, 6) is -0.963. The molecule has 1 saturated carbocycles. The third-order valence-corrected chi connectivity index (χ3v) is 6.32. The van der Waals surface area contributed by atoms with Gasteiger partial charge in [0, 0.05) is 6.54 Å². The van der Waals surface area contributed by atoms with Crippen molar-refractivity contribution in [2.24, 2.45) is 5.41 Å². The molecule has 0 unspecified atom stereocenters. The van der Waals surface area contributed by atoms with Crippen LogP contribution in [0, 0.1) is 16.7 Å². The summed E-state index contributed by atoms with van der Waals surface area (Å²) in [5.41, 5.74) is -1.36. The molecule has 29 heavy (non-hydrogen) atoms. The molecule has 0 amide bonds. The molecule has 0 aliphatic heterocycles. The topological polar surface area (TPSA) is 66.0 Å². The van der Waals surface area contributed by atoms with Gasteiger partial charge in [0.05, 0.1) is 27.3 Å². The van der Waals surface area contributed by atoms with Crippen LogP contribution in [0.3, 0.4) is 0 Å². The second kappa shape index (κ2) is 7.92. The van der Waals surface area contributed by atoms with Crippen LogP contribution in [-0.4, -0.2) is 15.6 Å². The number of carbonyl (C=O) groups is 1. The minimum absolute atomic E-state index is 0.00399. The Morgan fingerprint density at radius 1 is 1.17 bits per heavy atom. The molecule has 1 N–H and O–H groups in total. The molecule has 0 atom stereocenters. The molecule has 1 aliphatic carbocycles. The zero-order valence-corrected chi connectivity index (χ0v) is 16.7. The van der Waals surface area contributed by atoms with Crippen molar-refractivity contribution in [2.75, 3.05) is 0 Å². The molecule has 0 spiro atoms. The minimum atomic E-state index is -4.50. The molecule has 9 heteroatoms. The minimum Gasteiger partial charge on any atom is -0.481 e. The van der Waals surface area contributed by atoms with E-state index in [1.54, 1.807) is 0 Å². The number of rotatable bonds is 4. The van der Waals surface area contributed by atoms with E-state index in [1.807, 2.05) is 6.07 Å². The number of aliphatic carboxylic acids is 1. The van der Waals surface area contributed by atoms with E-state index >= 15 is 0 Å². The van der Waals surface area contributed by atoms with Crippen LogP contribution in [-0.2, 0) is 17.5 Å². The Labute approximate surface area is 175 Å². The quantitative estimate of drug-likeness (QED) is 0.593. The summed E-state index contributed by atoms with van der Waals surface area (Å²) < 4.78 is 40.1. The molecule has 2 aromatic rings. The lowest BCUT2D eigenvalue weighted by molar-refractivity contribution is -0.152. The van der Waals surface area contributed by atoms with Crippen molar-refractivity contribution in [3.8, 4) is 17.3 Å². The Morgan fingerprint density at radius 3 is 2.24 bits per heavy atom. The Kier molecular flexibility index (Phi) is 5.88. The highest BCUT2D eigenvalue weighted by molar-refractivity contribution is 6.42. The number of nitrogens with zero attached hydrogens (tertiary/aromatic N) is 2. The van der Waals surface area contributed by atoms with Gasteiger partial charge in [-0.05, 0) is 30.5 Å². The maximum atomic E-state index is 12.9. The molecule has 1 fully saturated rings. The van der Waals surface area contributed by atoms with Gasteiger partial charge in [-0.3, -0.25) is 4.79 Å². The number of hydrogen-bond donors (Lipinski definition) is 1. The fraction of sp³-hybridized carbons (Fsp3) is 0.400. The molecular weight excluding hydrogens is 428 g/mol. The standard InChI is InChI=1S/C20H17Cl2F3N2O2/c21-15-14(10-26)16(12-4-6-13(7-5-12)20(23,24)25)27(17(15)22)11-19(18(28)29)8-2-1-3-9-19/h4-7H,1-3,8-9,11H2,(H,28,29). The Balaban J connectivity index is 2.14. The van der Waals surface area contributed by atoms with E-state index in [9.17, 15) is 28.3 Å². The van der Waals surface area contributed by atoms with E-state index in [-0.39, 0.29) is 28.0 Å². The highest BCUT2D eigenvalue weighted by Gasteiger charge is 2.41. The lowest BCUT2D eigenvalue weighted by Crippen LogP contribution is -2.37. The number of nitriles is 1. The van der Waals surface area contributed by atoms with Crippen molar-refractivity contribution in [3.63, 3.8) is 0 Å². The molecule has 1 heterocycles. The lowest BCUT2D eigenvalue weighted by Gasteiger charge is -2.34. The van der Waals surface area contributed by atoms with Gasteiger partial charge in [-0.15, -0.1) is 0 Å². The number of carboxylic acids is 1. The van der Waals surface area contributed by atoms with Crippen LogP contribution in [0.5, 0.6) is 0 Å². The van der Waals surface area contributed by atoms with Crippen LogP contribution in [0.25, 0.3) is 11.3 Å². The molecule has 0 radical (unpaired) electrons. The van der Waals surface area contributed by atoms with Crippen molar-refractivity contribution in [1.82, 2.24) is 4.57 Å². The Bertz CT molecular complexity index is 970. The zero-order chi connectivity index (χ0) is 21.4. The number of halogens is 5. The Hall–Kier alpha value is -2.17. The van der Waals surface area contributed by atoms with Crippen molar-refractivity contribution in [2.45, 2.75) is 44.8 Å². The van der Waals surface area contributed by atoms with Gasteiger partial charge >= 0.3 is 12.1 Å². The van der Waals surface area contributed by atoms with Crippen LogP contribution in [0.4, 0.5) is 13.2 Å². The first-order valence-electron chi connectivity index (χ1n) is 8.99. The molecule has 154 valence electrons. The number of benzene rings is 1. The van der Waals surface area contributed by atoms with Gasteiger partial charge < -0.3 is 9.67 Å². The average Bonchev–Trinajstić information content (AvgIpc) is 2.92. The summed E-state index contributed by atoms with van der Waals surface area (Å²) in [6.45, 7) is -0.0150. The second-order valence-corrected chi connectivity index (χ2v) is 7.98. The van der Waals surface area contributed by atoms with Crippen LogP contribution in [0.2, 0.25) is 10.2 Å². The summed E-state index contributed by atoms with van der Waals surface area (Å²) in [7, 11) is 0. The largest absolute Gasteiger partial charge is 0.481 e. The first-order valence-corrected chi connectivity index (χ1v) is 9.75. The number of alkyl halides is 3. The molecule has 1 aliphatic rings.